The predicted molar refractivity (Wildman–Crippen MR) is 182 cm³/mol. The second kappa shape index (κ2) is 9.82. The maximum atomic E-state index is 6.47. The Morgan fingerprint density at radius 2 is 1.05 bits per heavy atom. The molecule has 0 unspecified atom stereocenters. The Morgan fingerprint density at radius 3 is 1.80 bits per heavy atom. The number of rotatable bonds is 4. The van der Waals surface area contributed by atoms with Gasteiger partial charge in [0.1, 0.15) is 11.2 Å². The van der Waals surface area contributed by atoms with Crippen LogP contribution in [0.4, 0.5) is 0 Å². The van der Waals surface area contributed by atoms with Crippen LogP contribution in [0, 0.1) is 0 Å². The van der Waals surface area contributed by atoms with Gasteiger partial charge in [0, 0.05) is 33.0 Å². The third-order valence-corrected chi connectivity index (χ3v) is 8.60. The van der Waals surface area contributed by atoms with Crippen molar-refractivity contribution in [2.75, 3.05) is 0 Å². The van der Waals surface area contributed by atoms with Gasteiger partial charge in [-0.2, -0.15) is 0 Å². The van der Waals surface area contributed by atoms with Crippen molar-refractivity contribution in [3.8, 4) is 39.3 Å². The van der Waals surface area contributed by atoms with Crippen LogP contribution in [0.1, 0.15) is 0 Å². The van der Waals surface area contributed by atoms with Gasteiger partial charge < -0.3 is 8.98 Å². The molecule has 9 aromatic rings. The Hall–Kier alpha value is -5.93. The molecule has 0 N–H and O–H groups in total. The molecule has 0 radical (unpaired) electrons. The van der Waals surface area contributed by atoms with E-state index in [0.717, 1.165) is 72.1 Å². The van der Waals surface area contributed by atoms with Crippen molar-refractivity contribution in [2.45, 2.75) is 0 Å². The van der Waals surface area contributed by atoms with Crippen molar-refractivity contribution in [1.82, 2.24) is 9.55 Å². The summed E-state index contributed by atoms with van der Waals surface area (Å²) in [7, 11) is 0. The summed E-state index contributed by atoms with van der Waals surface area (Å²) in [4.78, 5) is 5.13. The van der Waals surface area contributed by atoms with Crippen LogP contribution in [-0.2, 0) is 0 Å². The van der Waals surface area contributed by atoms with Crippen LogP contribution in [0.2, 0.25) is 0 Å². The van der Waals surface area contributed by atoms with E-state index < -0.39 is 0 Å². The first-order valence-corrected chi connectivity index (χ1v) is 14.9. The normalized spacial score (nSPS) is 11.6. The summed E-state index contributed by atoms with van der Waals surface area (Å²) in [5.74, 6) is 0. The number of hydrogen-bond acceptors (Lipinski definition) is 2. The standard InChI is InChI=1S/C41H26N2O/c1-3-11-27(12-4-1)30-25-35(28-13-5-2-6-14-28)42-36(26-30)29-19-21-31(22-20-29)43-37-17-9-7-16-34(37)40-38(43)24-23-33-32-15-8-10-18-39(32)44-41(33)40/h1-26H. The fourth-order valence-electron chi connectivity index (χ4n) is 6.53. The first kappa shape index (κ1) is 24.6. The molecule has 6 aromatic carbocycles. The molecule has 0 aliphatic heterocycles. The molecular formula is C41H26N2O. The highest BCUT2D eigenvalue weighted by Gasteiger charge is 2.18. The largest absolute Gasteiger partial charge is 0.455 e. The van der Waals surface area contributed by atoms with Gasteiger partial charge in [-0.3, -0.25) is 0 Å². The number of hydrogen-bond donors (Lipinski definition) is 0. The van der Waals surface area contributed by atoms with Gasteiger partial charge in [-0.15, -0.1) is 0 Å². The Kier molecular flexibility index (Phi) is 5.50. The Labute approximate surface area is 254 Å². The molecule has 0 saturated carbocycles. The van der Waals surface area contributed by atoms with Crippen molar-refractivity contribution in [2.24, 2.45) is 0 Å². The number of pyridine rings is 1. The molecule has 3 aromatic heterocycles. The van der Waals surface area contributed by atoms with E-state index in [0.29, 0.717) is 0 Å². The van der Waals surface area contributed by atoms with E-state index in [-0.39, 0.29) is 0 Å². The van der Waals surface area contributed by atoms with Gasteiger partial charge in [-0.25, -0.2) is 4.98 Å². The summed E-state index contributed by atoms with van der Waals surface area (Å²) in [6.07, 6.45) is 0. The van der Waals surface area contributed by atoms with Crippen molar-refractivity contribution in [3.05, 3.63) is 158 Å². The van der Waals surface area contributed by atoms with Gasteiger partial charge in [0.2, 0.25) is 0 Å². The lowest BCUT2D eigenvalue weighted by Crippen LogP contribution is -1.95. The Bertz CT molecular complexity index is 2410. The highest BCUT2D eigenvalue weighted by molar-refractivity contribution is 6.23. The van der Waals surface area contributed by atoms with Gasteiger partial charge in [0.15, 0.2) is 0 Å². The minimum atomic E-state index is 0.913. The lowest BCUT2D eigenvalue weighted by molar-refractivity contribution is 0.673. The van der Waals surface area contributed by atoms with E-state index in [1.54, 1.807) is 0 Å². The van der Waals surface area contributed by atoms with Crippen LogP contribution >= 0.6 is 0 Å². The first-order valence-electron chi connectivity index (χ1n) is 14.9. The summed E-state index contributed by atoms with van der Waals surface area (Å²) in [6, 6.07) is 55.3. The monoisotopic (exact) mass is 562 g/mol. The average Bonchev–Trinajstić information content (AvgIpc) is 3.65. The van der Waals surface area contributed by atoms with Crippen molar-refractivity contribution >= 4 is 43.7 Å². The van der Waals surface area contributed by atoms with Gasteiger partial charge in [0.25, 0.3) is 0 Å². The summed E-state index contributed by atoms with van der Waals surface area (Å²) >= 11 is 0. The molecular weight excluding hydrogens is 536 g/mol. The highest BCUT2D eigenvalue weighted by atomic mass is 16.3. The minimum Gasteiger partial charge on any atom is -0.455 e. The molecule has 9 rings (SSSR count). The fourth-order valence-corrected chi connectivity index (χ4v) is 6.53. The maximum Gasteiger partial charge on any atom is 0.145 e. The van der Waals surface area contributed by atoms with E-state index in [9.17, 15) is 0 Å². The molecule has 0 bridgehead atoms. The Balaban J connectivity index is 1.21. The SMILES string of the molecule is c1ccc(-c2cc(-c3ccccc3)nc(-c3ccc(-n4c5ccccc5c5c6oc7ccccc7c6ccc54)cc3)c2)cc1. The Morgan fingerprint density at radius 1 is 0.432 bits per heavy atom. The zero-order chi connectivity index (χ0) is 29.0. The molecule has 0 spiro atoms. The number of nitrogens with zero attached hydrogens (tertiary/aromatic N) is 2. The lowest BCUT2D eigenvalue weighted by Gasteiger charge is -2.12. The topological polar surface area (TPSA) is 31.0 Å². The van der Waals surface area contributed by atoms with Crippen molar-refractivity contribution < 1.29 is 4.42 Å². The summed E-state index contributed by atoms with van der Waals surface area (Å²) in [5, 5.41) is 4.61. The fraction of sp³-hybridized carbons (Fsp3) is 0. The van der Waals surface area contributed by atoms with Crippen LogP contribution in [0.15, 0.2) is 162 Å². The first-order chi connectivity index (χ1) is 21.8. The molecule has 0 fully saturated rings. The average molecular weight is 563 g/mol. The van der Waals surface area contributed by atoms with Gasteiger partial charge in [-0.05, 0) is 59.7 Å². The molecule has 206 valence electrons. The number of para-hydroxylation sites is 2. The van der Waals surface area contributed by atoms with Crippen molar-refractivity contribution in [3.63, 3.8) is 0 Å². The number of furan rings is 1. The molecule has 0 aliphatic rings. The molecule has 0 amide bonds. The van der Waals surface area contributed by atoms with Crippen LogP contribution in [-0.4, -0.2) is 9.55 Å². The quantitative estimate of drug-likeness (QED) is 0.214. The van der Waals surface area contributed by atoms with Crippen LogP contribution in [0.3, 0.4) is 0 Å². The zero-order valence-electron chi connectivity index (χ0n) is 23.8. The molecule has 3 heteroatoms. The highest BCUT2D eigenvalue weighted by Crippen LogP contribution is 2.40. The third kappa shape index (κ3) is 3.87. The molecule has 0 atom stereocenters. The third-order valence-electron chi connectivity index (χ3n) is 8.60. The number of aromatic nitrogens is 2. The zero-order valence-corrected chi connectivity index (χ0v) is 23.8. The van der Waals surface area contributed by atoms with E-state index in [2.05, 4.69) is 144 Å². The smallest absolute Gasteiger partial charge is 0.145 e. The van der Waals surface area contributed by atoms with Gasteiger partial charge in [-0.1, -0.05) is 109 Å². The minimum absolute atomic E-state index is 0.913. The molecule has 3 nitrogen and oxygen atoms in total. The molecule has 3 heterocycles. The van der Waals surface area contributed by atoms with Crippen LogP contribution < -0.4 is 0 Å². The lowest BCUT2D eigenvalue weighted by atomic mass is 10.00. The van der Waals surface area contributed by atoms with Gasteiger partial charge >= 0.3 is 0 Å². The molecule has 0 aliphatic carbocycles. The maximum absolute atomic E-state index is 6.47. The summed E-state index contributed by atoms with van der Waals surface area (Å²) in [5.41, 5.74) is 11.6. The second-order valence-electron chi connectivity index (χ2n) is 11.2. The number of fused-ring (bicyclic) bond motifs is 7. The second-order valence-corrected chi connectivity index (χ2v) is 11.2. The summed E-state index contributed by atoms with van der Waals surface area (Å²) < 4.78 is 8.81. The van der Waals surface area contributed by atoms with Gasteiger partial charge in [0.05, 0.1) is 27.8 Å². The summed E-state index contributed by atoms with van der Waals surface area (Å²) in [6.45, 7) is 0. The molecule has 44 heavy (non-hydrogen) atoms. The number of benzene rings is 6. The van der Waals surface area contributed by atoms with Crippen LogP contribution in [0.5, 0.6) is 0 Å². The molecule has 0 saturated heterocycles. The van der Waals surface area contributed by atoms with Crippen LogP contribution in [0.25, 0.3) is 83.1 Å². The van der Waals surface area contributed by atoms with E-state index in [1.807, 2.05) is 18.2 Å². The predicted octanol–water partition coefficient (Wildman–Crippen LogP) is 11.1. The van der Waals surface area contributed by atoms with E-state index in [4.69, 9.17) is 9.40 Å². The van der Waals surface area contributed by atoms with Crippen molar-refractivity contribution in [1.29, 1.82) is 0 Å². The van der Waals surface area contributed by atoms with E-state index in [1.165, 1.54) is 10.9 Å². The van der Waals surface area contributed by atoms with E-state index >= 15 is 0 Å².